The summed E-state index contributed by atoms with van der Waals surface area (Å²) >= 11 is 0. The van der Waals surface area contributed by atoms with Crippen LogP contribution in [0, 0.1) is 5.92 Å². The second-order valence-corrected chi connectivity index (χ2v) is 8.74. The molecule has 0 saturated heterocycles. The summed E-state index contributed by atoms with van der Waals surface area (Å²) in [7, 11) is 0. The van der Waals surface area contributed by atoms with E-state index in [4.69, 9.17) is 4.74 Å². The number of nitrogens with one attached hydrogen (secondary N) is 1. The smallest absolute Gasteiger partial charge is 0.407 e. The second-order valence-electron chi connectivity index (χ2n) is 8.74. The number of fused-ring (bicyclic) bond motifs is 3. The van der Waals surface area contributed by atoms with Crippen LogP contribution >= 0.6 is 0 Å². The first-order valence-electron chi connectivity index (χ1n) is 11.1. The molecule has 1 amide bonds. The molecule has 170 valence electrons. The van der Waals surface area contributed by atoms with E-state index in [1.54, 1.807) is 0 Å². The molecule has 0 aliphatic heterocycles. The Labute approximate surface area is 185 Å². The van der Waals surface area contributed by atoms with Crippen molar-refractivity contribution in [2.75, 3.05) is 6.61 Å². The number of carbonyl (C=O) groups excluding carboxylic acids is 1. The zero-order chi connectivity index (χ0) is 22.7. The van der Waals surface area contributed by atoms with E-state index < -0.39 is 24.0 Å². The zero-order valence-electron chi connectivity index (χ0n) is 17.7. The number of carboxylic acid groups (broad SMARTS) is 1. The molecule has 2 N–H and O–H groups in total. The highest BCUT2D eigenvalue weighted by Gasteiger charge is 2.35. The van der Waals surface area contributed by atoms with Crippen molar-refractivity contribution >= 4 is 12.1 Å². The molecule has 2 aliphatic rings. The van der Waals surface area contributed by atoms with Crippen molar-refractivity contribution in [2.24, 2.45) is 5.92 Å². The molecule has 1 fully saturated rings. The molecule has 0 aromatic heterocycles. The number of benzene rings is 2. The molecule has 0 bridgehead atoms. The maximum atomic E-state index is 13.3. The molecular weight excluding hydrogens is 416 g/mol. The van der Waals surface area contributed by atoms with E-state index in [2.05, 4.69) is 5.32 Å². The fraction of sp³-hybridized carbons (Fsp3) is 0.440. The summed E-state index contributed by atoms with van der Waals surface area (Å²) in [5.41, 5.74) is 4.37. The van der Waals surface area contributed by atoms with E-state index in [1.807, 2.05) is 48.5 Å². The van der Waals surface area contributed by atoms with Gasteiger partial charge in [0.1, 0.15) is 12.6 Å². The number of ether oxygens (including phenoxy) is 1. The molecule has 0 spiro atoms. The first kappa shape index (κ1) is 22.2. The molecule has 0 radical (unpaired) electrons. The molecule has 1 atom stereocenters. The Morgan fingerprint density at radius 2 is 1.59 bits per heavy atom. The van der Waals surface area contributed by atoms with Crippen LogP contribution in [0.3, 0.4) is 0 Å². The molecule has 2 aromatic carbocycles. The monoisotopic (exact) mass is 443 g/mol. The lowest BCUT2D eigenvalue weighted by atomic mass is 9.83. The Balaban J connectivity index is 1.32. The molecule has 2 aliphatic carbocycles. The van der Waals surface area contributed by atoms with Crippen LogP contribution < -0.4 is 5.32 Å². The third-order valence-electron chi connectivity index (χ3n) is 6.63. The summed E-state index contributed by atoms with van der Waals surface area (Å²) in [6.07, 6.45) is 0.334. The van der Waals surface area contributed by atoms with Gasteiger partial charge in [0.15, 0.2) is 0 Å². The molecule has 2 aromatic rings. The molecule has 32 heavy (non-hydrogen) atoms. The van der Waals surface area contributed by atoms with Crippen molar-refractivity contribution in [1.29, 1.82) is 0 Å². The zero-order valence-corrected chi connectivity index (χ0v) is 17.7. The topological polar surface area (TPSA) is 75.6 Å². The Morgan fingerprint density at radius 1 is 1.03 bits per heavy atom. The molecule has 1 saturated carbocycles. The van der Waals surface area contributed by atoms with Crippen LogP contribution in [0.4, 0.5) is 13.6 Å². The lowest BCUT2D eigenvalue weighted by Gasteiger charge is -2.28. The number of carbonyl (C=O) groups is 2. The van der Waals surface area contributed by atoms with Gasteiger partial charge < -0.3 is 15.2 Å². The van der Waals surface area contributed by atoms with Gasteiger partial charge in [-0.3, -0.25) is 0 Å². The number of hydrogen-bond acceptors (Lipinski definition) is 3. The van der Waals surface area contributed by atoms with Crippen molar-refractivity contribution in [3.05, 3.63) is 59.7 Å². The van der Waals surface area contributed by atoms with E-state index >= 15 is 0 Å². The van der Waals surface area contributed by atoms with Crippen LogP contribution in [-0.2, 0) is 9.53 Å². The molecule has 7 heteroatoms. The average molecular weight is 443 g/mol. The fourth-order valence-electron chi connectivity index (χ4n) is 4.83. The normalized spacial score (nSPS) is 18.4. The summed E-state index contributed by atoms with van der Waals surface area (Å²) in [5, 5.41) is 11.9. The van der Waals surface area contributed by atoms with Gasteiger partial charge in [-0.2, -0.15) is 0 Å². The maximum absolute atomic E-state index is 13.3. The fourth-order valence-corrected chi connectivity index (χ4v) is 4.83. The summed E-state index contributed by atoms with van der Waals surface area (Å²) in [4.78, 5) is 24.0. The van der Waals surface area contributed by atoms with Crippen molar-refractivity contribution in [2.45, 2.75) is 56.4 Å². The van der Waals surface area contributed by atoms with E-state index in [0.717, 1.165) is 22.3 Å². The molecule has 4 rings (SSSR count). The summed E-state index contributed by atoms with van der Waals surface area (Å²) in [6.45, 7) is 0.101. The first-order valence-corrected chi connectivity index (χ1v) is 11.1. The highest BCUT2D eigenvalue weighted by molar-refractivity contribution is 5.81. The molecule has 0 unspecified atom stereocenters. The van der Waals surface area contributed by atoms with Crippen LogP contribution in [0.25, 0.3) is 11.1 Å². The van der Waals surface area contributed by atoms with Crippen molar-refractivity contribution < 1.29 is 28.2 Å². The first-order chi connectivity index (χ1) is 15.3. The number of alkyl halides is 2. The standard InChI is InChI=1S/C25H27F2NO4/c26-25(27)13-11-16(12-14-25)9-10-22(23(29)30)28-24(31)32-15-21-19-7-3-1-5-17(19)18-6-2-4-8-20(18)21/h1-8,16,21-22H,9-15H2,(H,28,31)(H,29,30)/t22-/m1/s1. The lowest BCUT2D eigenvalue weighted by Crippen LogP contribution is -2.41. The van der Waals surface area contributed by atoms with Crippen LogP contribution in [0.2, 0.25) is 0 Å². The summed E-state index contributed by atoms with van der Waals surface area (Å²) in [5.74, 6) is -3.82. The van der Waals surface area contributed by atoms with Crippen molar-refractivity contribution in [3.63, 3.8) is 0 Å². The number of rotatable bonds is 7. The van der Waals surface area contributed by atoms with Crippen LogP contribution in [-0.4, -0.2) is 35.7 Å². The van der Waals surface area contributed by atoms with E-state index in [9.17, 15) is 23.5 Å². The van der Waals surface area contributed by atoms with Crippen molar-refractivity contribution in [3.8, 4) is 11.1 Å². The van der Waals surface area contributed by atoms with Gasteiger partial charge in [0.25, 0.3) is 0 Å². The van der Waals surface area contributed by atoms with Crippen LogP contribution in [0.15, 0.2) is 48.5 Å². The quantitative estimate of drug-likeness (QED) is 0.585. The van der Waals surface area contributed by atoms with Gasteiger partial charge in [-0.1, -0.05) is 48.5 Å². The van der Waals surface area contributed by atoms with Gasteiger partial charge in [-0.15, -0.1) is 0 Å². The highest BCUT2D eigenvalue weighted by Crippen LogP contribution is 2.44. The van der Waals surface area contributed by atoms with Gasteiger partial charge in [0.2, 0.25) is 5.92 Å². The molecule has 5 nitrogen and oxygen atoms in total. The lowest BCUT2D eigenvalue weighted by molar-refractivity contribution is -0.139. The number of amides is 1. The third kappa shape index (κ3) is 4.92. The number of hydrogen-bond donors (Lipinski definition) is 2. The predicted octanol–water partition coefficient (Wildman–Crippen LogP) is 5.58. The van der Waals surface area contributed by atoms with Crippen molar-refractivity contribution in [1.82, 2.24) is 5.32 Å². The van der Waals surface area contributed by atoms with Gasteiger partial charge in [0.05, 0.1) is 0 Å². The number of alkyl carbamates (subject to hydrolysis) is 1. The molecular formula is C25H27F2NO4. The van der Waals surface area contributed by atoms with E-state index in [-0.39, 0.29) is 37.7 Å². The third-order valence-corrected chi connectivity index (χ3v) is 6.63. The Hall–Kier alpha value is -2.96. The average Bonchev–Trinajstić information content (AvgIpc) is 3.09. The molecule has 0 heterocycles. The van der Waals surface area contributed by atoms with E-state index in [1.165, 1.54) is 0 Å². The largest absolute Gasteiger partial charge is 0.480 e. The summed E-state index contributed by atoms with van der Waals surface area (Å²) < 4.78 is 32.0. The van der Waals surface area contributed by atoms with Gasteiger partial charge in [0, 0.05) is 18.8 Å². The van der Waals surface area contributed by atoms with E-state index in [0.29, 0.717) is 19.3 Å². The Bertz CT molecular complexity index is 938. The van der Waals surface area contributed by atoms with Crippen LogP contribution in [0.5, 0.6) is 0 Å². The Morgan fingerprint density at radius 3 is 2.16 bits per heavy atom. The minimum Gasteiger partial charge on any atom is -0.480 e. The minimum atomic E-state index is -2.61. The van der Waals surface area contributed by atoms with Gasteiger partial charge in [-0.25, -0.2) is 18.4 Å². The maximum Gasteiger partial charge on any atom is 0.407 e. The Kier molecular flexibility index (Phi) is 6.44. The SMILES string of the molecule is O=C(N[C@H](CCC1CCC(F)(F)CC1)C(=O)O)OCC1c2ccccc2-c2ccccc21. The van der Waals surface area contributed by atoms with Gasteiger partial charge >= 0.3 is 12.1 Å². The predicted molar refractivity (Wildman–Crippen MR) is 116 cm³/mol. The number of halogens is 2. The van der Waals surface area contributed by atoms with Crippen LogP contribution in [0.1, 0.15) is 55.6 Å². The highest BCUT2D eigenvalue weighted by atomic mass is 19.3. The summed E-state index contributed by atoms with van der Waals surface area (Å²) in [6, 6.07) is 14.8. The second kappa shape index (κ2) is 9.27. The number of aliphatic carboxylic acids is 1. The van der Waals surface area contributed by atoms with Gasteiger partial charge in [-0.05, 0) is 53.9 Å². The number of carboxylic acids is 1. The minimum absolute atomic E-state index is 0.0563.